The Labute approximate surface area is 235 Å². The van der Waals surface area contributed by atoms with Crippen LogP contribution in [-0.4, -0.2) is 66.1 Å². The van der Waals surface area contributed by atoms with Gasteiger partial charge >= 0.3 is 0 Å². The summed E-state index contributed by atoms with van der Waals surface area (Å²) in [5, 5.41) is 15.8. The van der Waals surface area contributed by atoms with Crippen molar-refractivity contribution in [3.8, 4) is 5.75 Å². The third-order valence-electron chi connectivity index (χ3n) is 9.32. The molecule has 2 aliphatic carbocycles. The molecule has 1 aromatic rings. The first-order valence-corrected chi connectivity index (χ1v) is 14.4. The number of carbonyl (C=O) groups is 4. The molecule has 1 aliphatic heterocycles. The molecule has 5 N–H and O–H groups in total. The smallest absolute Gasteiger partial charge is 0.243 e. The molecule has 4 atom stereocenters. The number of primary amides is 1. The average Bonchev–Trinajstić information content (AvgIpc) is 3.67. The number of benzene rings is 1. The van der Waals surface area contributed by atoms with Gasteiger partial charge in [-0.05, 0) is 62.6 Å². The highest BCUT2D eigenvalue weighted by molar-refractivity contribution is 5.98. The fourth-order valence-corrected chi connectivity index (χ4v) is 5.95. The number of carbonyl (C=O) groups excluding carboxylic acids is 4. The number of hydrogen-bond donors (Lipinski definition) is 4. The van der Waals surface area contributed by atoms with Crippen LogP contribution in [-0.2, 0) is 30.3 Å². The van der Waals surface area contributed by atoms with Crippen LogP contribution in [0.15, 0.2) is 24.3 Å². The SMILES string of the molecule is COc1ccc(C[C@H](NC(=O)[C@H](C)C2(C(N)=O)CCC(O)CC2)C(=O)N[C@@H](CC2CCC2)C(=O)[C@@]2(C)CO2)cc1. The summed E-state index contributed by atoms with van der Waals surface area (Å²) in [5.41, 5.74) is 4.60. The highest BCUT2D eigenvalue weighted by Gasteiger charge is 2.51. The number of epoxide rings is 1. The standard InChI is InChI=1S/C30H43N3O7/c1-18(30(28(31)38)13-11-21(34)12-14-30)26(36)33-24(16-20-7-9-22(39-3)10-8-20)27(37)32-23(15-19-5-4-6-19)25(35)29(2)17-40-29/h7-10,18-19,21,23-24,34H,4-6,11-17H2,1-3H3,(H2,31,38)(H,32,37)(H,33,36)/t18-,21?,23-,24-,29+,30?/m0/s1. The van der Waals surface area contributed by atoms with E-state index in [2.05, 4.69) is 10.6 Å². The Morgan fingerprint density at radius 2 is 1.65 bits per heavy atom. The highest BCUT2D eigenvalue weighted by Crippen LogP contribution is 2.43. The van der Waals surface area contributed by atoms with Crippen LogP contribution < -0.4 is 21.1 Å². The minimum atomic E-state index is -1.11. The van der Waals surface area contributed by atoms with Crippen LogP contribution in [0, 0.1) is 17.3 Å². The molecule has 0 unspecified atom stereocenters. The van der Waals surface area contributed by atoms with E-state index >= 15 is 0 Å². The van der Waals surface area contributed by atoms with E-state index in [0.29, 0.717) is 50.4 Å². The number of nitrogens with two attached hydrogens (primary N) is 1. The van der Waals surface area contributed by atoms with Crippen molar-refractivity contribution in [2.24, 2.45) is 23.0 Å². The summed E-state index contributed by atoms with van der Waals surface area (Å²) < 4.78 is 10.6. The number of ether oxygens (including phenoxy) is 2. The van der Waals surface area contributed by atoms with Crippen molar-refractivity contribution in [3.63, 3.8) is 0 Å². The number of amides is 3. The Morgan fingerprint density at radius 3 is 2.15 bits per heavy atom. The summed E-state index contributed by atoms with van der Waals surface area (Å²) in [6, 6.07) is 5.48. The molecule has 1 aromatic carbocycles. The number of aliphatic hydroxyl groups excluding tert-OH is 1. The first kappa shape index (κ1) is 30.0. The second kappa shape index (κ2) is 12.3. The van der Waals surface area contributed by atoms with Gasteiger partial charge in [-0.25, -0.2) is 0 Å². The summed E-state index contributed by atoms with van der Waals surface area (Å²) in [4.78, 5) is 53.2. The zero-order valence-corrected chi connectivity index (χ0v) is 23.7. The van der Waals surface area contributed by atoms with E-state index in [-0.39, 0.29) is 12.2 Å². The molecular formula is C30H43N3O7. The summed E-state index contributed by atoms with van der Waals surface area (Å²) in [5.74, 6) is -1.45. The van der Waals surface area contributed by atoms with Crippen molar-refractivity contribution >= 4 is 23.5 Å². The predicted octanol–water partition coefficient (Wildman–Crippen LogP) is 1.80. The Kier molecular flexibility index (Phi) is 9.19. The van der Waals surface area contributed by atoms with E-state index in [1.165, 1.54) is 0 Å². The molecule has 220 valence electrons. The van der Waals surface area contributed by atoms with Crippen molar-refractivity contribution in [1.82, 2.24) is 10.6 Å². The molecule has 2 saturated carbocycles. The largest absolute Gasteiger partial charge is 0.497 e. The number of rotatable bonds is 13. The van der Waals surface area contributed by atoms with Gasteiger partial charge in [0, 0.05) is 12.3 Å². The number of methoxy groups -OCH3 is 1. The van der Waals surface area contributed by atoms with Crippen LogP contribution in [0.3, 0.4) is 0 Å². The Hall–Kier alpha value is -2.98. The lowest BCUT2D eigenvalue weighted by Gasteiger charge is -2.40. The van der Waals surface area contributed by atoms with Crippen LogP contribution >= 0.6 is 0 Å². The molecule has 1 heterocycles. The minimum absolute atomic E-state index is 0.149. The van der Waals surface area contributed by atoms with E-state index in [4.69, 9.17) is 15.2 Å². The fourth-order valence-electron chi connectivity index (χ4n) is 5.95. The second-order valence-corrected chi connectivity index (χ2v) is 12.1. The molecule has 0 aromatic heterocycles. The van der Waals surface area contributed by atoms with E-state index in [0.717, 1.165) is 24.8 Å². The Bertz CT molecular complexity index is 1090. The van der Waals surface area contributed by atoms with E-state index in [1.54, 1.807) is 33.1 Å². The van der Waals surface area contributed by atoms with Crippen molar-refractivity contribution in [1.29, 1.82) is 0 Å². The minimum Gasteiger partial charge on any atom is -0.497 e. The van der Waals surface area contributed by atoms with Crippen LogP contribution in [0.4, 0.5) is 0 Å². The van der Waals surface area contributed by atoms with Gasteiger partial charge in [-0.1, -0.05) is 38.3 Å². The highest BCUT2D eigenvalue weighted by atomic mass is 16.6. The van der Waals surface area contributed by atoms with Gasteiger partial charge in [-0.15, -0.1) is 0 Å². The number of ketones is 1. The van der Waals surface area contributed by atoms with Crippen LogP contribution in [0.25, 0.3) is 0 Å². The Balaban J connectivity index is 1.54. The number of Topliss-reactive ketones (excluding diaryl/α,β-unsaturated/α-hetero) is 1. The predicted molar refractivity (Wildman–Crippen MR) is 147 cm³/mol. The molecule has 4 rings (SSSR count). The zero-order valence-electron chi connectivity index (χ0n) is 23.7. The van der Waals surface area contributed by atoms with E-state index in [9.17, 15) is 24.3 Å². The van der Waals surface area contributed by atoms with Gasteiger partial charge in [0.15, 0.2) is 5.78 Å². The summed E-state index contributed by atoms with van der Waals surface area (Å²) in [6.07, 6.45) is 4.68. The Morgan fingerprint density at radius 1 is 1.05 bits per heavy atom. The molecule has 0 spiro atoms. The van der Waals surface area contributed by atoms with Crippen molar-refractivity contribution < 1.29 is 33.8 Å². The zero-order chi connectivity index (χ0) is 29.1. The van der Waals surface area contributed by atoms with Gasteiger partial charge < -0.3 is 30.9 Å². The molecule has 3 amide bonds. The van der Waals surface area contributed by atoms with Gasteiger partial charge in [0.25, 0.3) is 0 Å². The van der Waals surface area contributed by atoms with Crippen molar-refractivity contribution in [2.75, 3.05) is 13.7 Å². The lowest BCUT2D eigenvalue weighted by molar-refractivity contribution is -0.144. The van der Waals surface area contributed by atoms with Gasteiger partial charge in [0.1, 0.15) is 17.4 Å². The number of hydrogen-bond acceptors (Lipinski definition) is 7. The molecule has 40 heavy (non-hydrogen) atoms. The maximum absolute atomic E-state index is 13.7. The van der Waals surface area contributed by atoms with E-state index < -0.39 is 52.8 Å². The van der Waals surface area contributed by atoms with Crippen LogP contribution in [0.1, 0.15) is 70.8 Å². The normalized spacial score (nSPS) is 28.4. The monoisotopic (exact) mass is 557 g/mol. The van der Waals surface area contributed by atoms with Gasteiger partial charge in [-0.2, -0.15) is 0 Å². The first-order valence-electron chi connectivity index (χ1n) is 14.4. The third-order valence-corrected chi connectivity index (χ3v) is 9.32. The summed E-state index contributed by atoms with van der Waals surface area (Å²) in [7, 11) is 1.56. The van der Waals surface area contributed by atoms with Crippen LogP contribution in [0.2, 0.25) is 0 Å². The lowest BCUT2D eigenvalue weighted by Crippen LogP contribution is -2.57. The maximum Gasteiger partial charge on any atom is 0.243 e. The number of nitrogens with one attached hydrogen (secondary N) is 2. The first-order chi connectivity index (χ1) is 19.0. The maximum atomic E-state index is 13.7. The quantitative estimate of drug-likeness (QED) is 0.269. The average molecular weight is 558 g/mol. The molecule has 3 fully saturated rings. The van der Waals surface area contributed by atoms with Crippen LogP contribution in [0.5, 0.6) is 5.75 Å². The summed E-state index contributed by atoms with van der Waals surface area (Å²) >= 11 is 0. The molecular weight excluding hydrogens is 514 g/mol. The third kappa shape index (κ3) is 6.66. The molecule has 10 nitrogen and oxygen atoms in total. The topological polar surface area (TPSA) is 160 Å². The molecule has 10 heteroatoms. The summed E-state index contributed by atoms with van der Waals surface area (Å²) in [6.45, 7) is 3.71. The lowest BCUT2D eigenvalue weighted by atomic mass is 9.65. The second-order valence-electron chi connectivity index (χ2n) is 12.1. The van der Waals surface area contributed by atoms with Crippen molar-refractivity contribution in [3.05, 3.63) is 29.8 Å². The number of aliphatic hydroxyl groups is 1. The van der Waals surface area contributed by atoms with Crippen molar-refractivity contribution in [2.45, 2.75) is 95.4 Å². The van der Waals surface area contributed by atoms with Gasteiger partial charge in [-0.3, -0.25) is 19.2 Å². The van der Waals surface area contributed by atoms with E-state index in [1.807, 2.05) is 12.1 Å². The van der Waals surface area contributed by atoms with Gasteiger partial charge in [0.05, 0.1) is 31.3 Å². The molecule has 0 bridgehead atoms. The molecule has 1 saturated heterocycles. The molecule has 3 aliphatic rings. The van der Waals surface area contributed by atoms with Gasteiger partial charge in [0.2, 0.25) is 17.7 Å². The fraction of sp³-hybridized carbons (Fsp3) is 0.667. The molecule has 0 radical (unpaired) electrons.